The number of carbonyl (C=O) groups excluding carboxylic acids is 2. The maximum atomic E-state index is 15.2. The average Bonchev–Trinajstić information content (AvgIpc) is 2.75. The molecule has 164 valence electrons. The largest absolute Gasteiger partial charge is 0.477 e. The van der Waals surface area contributed by atoms with Crippen molar-refractivity contribution in [1.29, 1.82) is 0 Å². The topological polar surface area (TPSA) is 109 Å². The summed E-state index contributed by atoms with van der Waals surface area (Å²) >= 11 is 0. The fourth-order valence-electron chi connectivity index (χ4n) is 3.89. The third-order valence-electron chi connectivity index (χ3n) is 5.57. The van der Waals surface area contributed by atoms with Crippen LogP contribution in [0.15, 0.2) is 53.5 Å². The van der Waals surface area contributed by atoms with Crippen LogP contribution in [-0.4, -0.2) is 39.5 Å². The summed E-state index contributed by atoms with van der Waals surface area (Å²) in [6.07, 6.45) is 1.21. The molecule has 1 saturated heterocycles. The number of benzene rings is 2. The van der Waals surface area contributed by atoms with Crippen molar-refractivity contribution in [3.05, 3.63) is 75.8 Å². The molecule has 2 amide bonds. The van der Waals surface area contributed by atoms with Crippen molar-refractivity contribution in [3.63, 3.8) is 0 Å². The Labute approximate surface area is 181 Å². The van der Waals surface area contributed by atoms with Crippen molar-refractivity contribution in [2.75, 3.05) is 4.90 Å². The molecule has 2 aromatic carbocycles. The Bertz CT molecular complexity index is 1320. The summed E-state index contributed by atoms with van der Waals surface area (Å²) in [5.74, 6) is -3.24. The molecule has 1 aliphatic heterocycles. The summed E-state index contributed by atoms with van der Waals surface area (Å²) in [5, 5.41) is 11.9. The number of aromatic carboxylic acids is 1. The van der Waals surface area contributed by atoms with Gasteiger partial charge in [-0.1, -0.05) is 30.3 Å². The number of carboxylic acids is 1. The summed E-state index contributed by atoms with van der Waals surface area (Å²) in [6, 6.07) is 9.58. The lowest BCUT2D eigenvalue weighted by molar-refractivity contribution is -0.133. The Morgan fingerprint density at radius 1 is 1.12 bits per heavy atom. The predicted octanol–water partition coefficient (Wildman–Crippen LogP) is 2.13. The molecule has 0 saturated carbocycles. The molecule has 1 aromatic heterocycles. The number of nitrogens with one attached hydrogen (secondary N) is 1. The lowest BCUT2D eigenvalue weighted by Crippen LogP contribution is -2.62. The number of fused-ring (bicyclic) bond motifs is 1. The Hall–Kier alpha value is -4.01. The standard InChI is InChI=1S/C23H20FN3O5/c1-12-22(30)27(13(2)21(29)25-12)19-9-18-15(8-17(19)24)20(28)16(23(31)32)11-26(18)10-14-6-4-3-5-7-14/h3-9,11-13H,10H2,1-2H3,(H,25,29)(H,31,32). The molecular weight excluding hydrogens is 417 g/mol. The predicted molar refractivity (Wildman–Crippen MR) is 115 cm³/mol. The second-order valence-corrected chi connectivity index (χ2v) is 7.73. The first-order chi connectivity index (χ1) is 15.2. The van der Waals surface area contributed by atoms with E-state index in [0.29, 0.717) is 0 Å². The molecule has 0 radical (unpaired) electrons. The lowest BCUT2D eigenvalue weighted by atomic mass is 10.0. The summed E-state index contributed by atoms with van der Waals surface area (Å²) in [7, 11) is 0. The third kappa shape index (κ3) is 3.51. The van der Waals surface area contributed by atoms with Gasteiger partial charge in [-0.3, -0.25) is 19.3 Å². The van der Waals surface area contributed by atoms with E-state index in [4.69, 9.17) is 0 Å². The van der Waals surface area contributed by atoms with Gasteiger partial charge in [0.2, 0.25) is 17.2 Å². The van der Waals surface area contributed by atoms with E-state index in [1.54, 1.807) is 0 Å². The van der Waals surface area contributed by atoms with Crippen LogP contribution >= 0.6 is 0 Å². The second kappa shape index (κ2) is 7.92. The van der Waals surface area contributed by atoms with Crippen molar-refractivity contribution >= 4 is 34.4 Å². The van der Waals surface area contributed by atoms with E-state index in [0.717, 1.165) is 16.5 Å². The number of nitrogens with zero attached hydrogens (tertiary/aromatic N) is 2. The second-order valence-electron chi connectivity index (χ2n) is 7.73. The Kier molecular flexibility index (Phi) is 5.25. The highest BCUT2D eigenvalue weighted by Crippen LogP contribution is 2.29. The van der Waals surface area contributed by atoms with Crippen LogP contribution in [0.25, 0.3) is 10.9 Å². The van der Waals surface area contributed by atoms with E-state index in [1.807, 2.05) is 30.3 Å². The minimum absolute atomic E-state index is 0.128. The van der Waals surface area contributed by atoms with Crippen LogP contribution in [0.4, 0.5) is 10.1 Å². The number of rotatable bonds is 4. The van der Waals surface area contributed by atoms with Crippen LogP contribution < -0.4 is 15.6 Å². The smallest absolute Gasteiger partial charge is 0.341 e. The van der Waals surface area contributed by atoms with Gasteiger partial charge in [0.1, 0.15) is 23.5 Å². The molecule has 0 spiro atoms. The van der Waals surface area contributed by atoms with Gasteiger partial charge in [0.15, 0.2) is 0 Å². The highest BCUT2D eigenvalue weighted by molar-refractivity contribution is 6.09. The maximum absolute atomic E-state index is 15.2. The van der Waals surface area contributed by atoms with E-state index in [-0.39, 0.29) is 23.1 Å². The number of pyridine rings is 1. The Morgan fingerprint density at radius 2 is 1.81 bits per heavy atom. The van der Waals surface area contributed by atoms with Gasteiger partial charge in [0.05, 0.1) is 11.2 Å². The fourth-order valence-corrected chi connectivity index (χ4v) is 3.89. The number of amides is 2. The van der Waals surface area contributed by atoms with Gasteiger partial charge in [0, 0.05) is 18.1 Å². The lowest BCUT2D eigenvalue weighted by Gasteiger charge is -2.36. The third-order valence-corrected chi connectivity index (χ3v) is 5.57. The van der Waals surface area contributed by atoms with Gasteiger partial charge in [-0.25, -0.2) is 9.18 Å². The van der Waals surface area contributed by atoms with Crippen LogP contribution in [0.3, 0.4) is 0 Å². The first kappa shape index (κ1) is 21.2. The monoisotopic (exact) mass is 437 g/mol. The Balaban J connectivity index is 1.97. The number of hydrogen-bond acceptors (Lipinski definition) is 4. The number of carbonyl (C=O) groups is 3. The molecule has 2 N–H and O–H groups in total. The van der Waals surface area contributed by atoms with Crippen LogP contribution in [-0.2, 0) is 16.1 Å². The van der Waals surface area contributed by atoms with Crippen molar-refractivity contribution in [3.8, 4) is 0 Å². The minimum Gasteiger partial charge on any atom is -0.477 e. The van der Waals surface area contributed by atoms with Crippen LogP contribution in [0.5, 0.6) is 0 Å². The molecule has 1 fully saturated rings. The van der Waals surface area contributed by atoms with Gasteiger partial charge in [-0.2, -0.15) is 0 Å². The highest BCUT2D eigenvalue weighted by Gasteiger charge is 2.38. The average molecular weight is 437 g/mol. The zero-order valence-electron chi connectivity index (χ0n) is 17.3. The van der Waals surface area contributed by atoms with Crippen molar-refractivity contribution in [2.24, 2.45) is 0 Å². The van der Waals surface area contributed by atoms with E-state index in [9.17, 15) is 24.3 Å². The molecule has 1 aliphatic rings. The van der Waals surface area contributed by atoms with Crippen LogP contribution in [0.1, 0.15) is 29.8 Å². The zero-order valence-corrected chi connectivity index (χ0v) is 17.3. The molecule has 2 heterocycles. The van der Waals surface area contributed by atoms with Crippen LogP contribution in [0, 0.1) is 5.82 Å². The van der Waals surface area contributed by atoms with Crippen molar-refractivity contribution in [2.45, 2.75) is 32.5 Å². The molecule has 0 bridgehead atoms. The number of halogens is 1. The Morgan fingerprint density at radius 3 is 2.47 bits per heavy atom. The molecular formula is C23H20FN3O5. The van der Waals surface area contributed by atoms with Gasteiger partial charge in [0.25, 0.3) is 0 Å². The molecule has 0 aliphatic carbocycles. The normalized spacial score (nSPS) is 18.7. The van der Waals surface area contributed by atoms with Gasteiger partial charge in [-0.15, -0.1) is 0 Å². The number of carboxylic acid groups (broad SMARTS) is 1. The van der Waals surface area contributed by atoms with Crippen LogP contribution in [0.2, 0.25) is 0 Å². The summed E-state index contributed by atoms with van der Waals surface area (Å²) in [4.78, 5) is 50.4. The molecule has 2 atom stereocenters. The maximum Gasteiger partial charge on any atom is 0.341 e. The first-order valence-electron chi connectivity index (χ1n) is 9.96. The van der Waals surface area contributed by atoms with E-state index in [1.165, 1.54) is 30.7 Å². The highest BCUT2D eigenvalue weighted by atomic mass is 19.1. The zero-order chi connectivity index (χ0) is 23.2. The number of hydrogen-bond donors (Lipinski definition) is 2. The van der Waals surface area contributed by atoms with Gasteiger partial charge >= 0.3 is 5.97 Å². The molecule has 32 heavy (non-hydrogen) atoms. The molecule has 8 nitrogen and oxygen atoms in total. The fraction of sp³-hybridized carbons (Fsp3) is 0.217. The van der Waals surface area contributed by atoms with Gasteiger partial charge in [-0.05, 0) is 31.5 Å². The quantitative estimate of drug-likeness (QED) is 0.650. The summed E-state index contributed by atoms with van der Waals surface area (Å²) in [6.45, 7) is 3.19. The first-order valence-corrected chi connectivity index (χ1v) is 9.96. The van der Waals surface area contributed by atoms with Crippen molar-refractivity contribution in [1.82, 2.24) is 9.88 Å². The molecule has 2 unspecified atom stereocenters. The molecule has 4 rings (SSSR count). The molecule has 3 aromatic rings. The minimum atomic E-state index is -1.42. The van der Waals surface area contributed by atoms with Crippen molar-refractivity contribution < 1.29 is 23.9 Å². The number of anilines is 1. The summed E-state index contributed by atoms with van der Waals surface area (Å²) < 4.78 is 16.7. The van der Waals surface area contributed by atoms with Gasteiger partial charge < -0.3 is 15.0 Å². The van der Waals surface area contributed by atoms with E-state index >= 15 is 4.39 Å². The SMILES string of the molecule is CC1NC(=O)C(C)N(c2cc3c(cc2F)c(=O)c(C(=O)O)cn3Cc2ccccc2)C1=O. The summed E-state index contributed by atoms with van der Waals surface area (Å²) in [5.41, 5.74) is -0.391. The van der Waals surface area contributed by atoms with E-state index in [2.05, 4.69) is 5.32 Å². The number of piperazine rings is 1. The molecule has 9 heteroatoms. The van der Waals surface area contributed by atoms with E-state index < -0.39 is 46.7 Å². The number of aromatic nitrogens is 1.